The van der Waals surface area contributed by atoms with Crippen molar-refractivity contribution in [1.29, 1.82) is 0 Å². The largest absolute Gasteiger partial charge is 0.551 e. The normalized spacial score (nSPS) is 12.7. The Bertz CT molecular complexity index is 3260. The van der Waals surface area contributed by atoms with Crippen LogP contribution in [0, 0.1) is 62.3 Å². The van der Waals surface area contributed by atoms with Gasteiger partial charge >= 0.3 is 6.92 Å². The zero-order valence-corrected chi connectivity index (χ0v) is 36.5. The van der Waals surface area contributed by atoms with Crippen LogP contribution in [0.2, 0.25) is 0 Å². The van der Waals surface area contributed by atoms with E-state index >= 15 is 0 Å². The van der Waals surface area contributed by atoms with Crippen LogP contribution in [0.4, 0.5) is 17.1 Å². The van der Waals surface area contributed by atoms with Crippen LogP contribution in [0.15, 0.2) is 132 Å². The van der Waals surface area contributed by atoms with E-state index in [1.54, 1.807) is 0 Å². The Morgan fingerprint density at radius 2 is 0.967 bits per heavy atom. The maximum atomic E-state index is 7.45. The van der Waals surface area contributed by atoms with E-state index < -0.39 is 0 Å². The van der Waals surface area contributed by atoms with E-state index in [1.807, 2.05) is 0 Å². The Morgan fingerprint density at radius 3 is 1.57 bits per heavy atom. The molecule has 0 radical (unpaired) electrons. The fraction of sp³-hybridized carbons (Fsp3) is 0.158. The zero-order valence-electron chi connectivity index (χ0n) is 36.5. The molecule has 0 saturated heterocycles. The Labute approximate surface area is 359 Å². The first-order valence-corrected chi connectivity index (χ1v) is 21.5. The zero-order chi connectivity index (χ0) is 42.0. The molecule has 0 atom stereocenters. The highest BCUT2D eigenvalue weighted by Gasteiger charge is 2.44. The first-order chi connectivity index (χ1) is 29.4. The summed E-state index contributed by atoms with van der Waals surface area (Å²) >= 11 is 0. The maximum absolute atomic E-state index is 7.45. The minimum Gasteiger partial charge on any atom is -0.551 e. The lowest BCUT2D eigenvalue weighted by Crippen LogP contribution is -2.56. The quantitative estimate of drug-likeness (QED) is 0.166. The van der Waals surface area contributed by atoms with Gasteiger partial charge in [-0.2, -0.15) is 0 Å². The predicted molar refractivity (Wildman–Crippen MR) is 258 cm³/mol. The van der Waals surface area contributed by atoms with E-state index in [2.05, 4.69) is 195 Å². The molecule has 2 aliphatic rings. The topological polar surface area (TPSA) is 25.6 Å². The molecule has 0 spiro atoms. The summed E-state index contributed by atoms with van der Waals surface area (Å²) in [6, 6.07) is 47.5. The SMILES string of the molecule is Cc1cc(C)c(-c2ccc(N3c4ccc(-c5c(C)cc(C)cc5C)cc4B4Oc5cc(-c6c(C)cc(C)cc6C)ccc5-c5c4c3cc3c5oc4ccccc43)cc2)c(C)c1. The third-order valence-corrected chi connectivity index (χ3v) is 13.3. The molecule has 0 aliphatic carbocycles. The highest BCUT2D eigenvalue weighted by molar-refractivity contribution is 6.86. The van der Waals surface area contributed by atoms with Gasteiger partial charge < -0.3 is 14.0 Å². The summed E-state index contributed by atoms with van der Waals surface area (Å²) < 4.78 is 14.4. The molecule has 8 aromatic carbocycles. The molecule has 3 nitrogen and oxygen atoms in total. The van der Waals surface area contributed by atoms with Crippen LogP contribution in [0.1, 0.15) is 50.1 Å². The maximum Gasteiger partial charge on any atom is 0.431 e. The summed E-state index contributed by atoms with van der Waals surface area (Å²) in [6.07, 6.45) is 0. The average Bonchev–Trinajstić information content (AvgIpc) is 3.58. The molecule has 4 heteroatoms. The molecular formula is C57H48BNO2. The smallest absolute Gasteiger partial charge is 0.431 e. The van der Waals surface area contributed by atoms with Gasteiger partial charge in [0.25, 0.3) is 0 Å². The van der Waals surface area contributed by atoms with Crippen molar-refractivity contribution in [3.8, 4) is 50.3 Å². The number of benzene rings is 8. The summed E-state index contributed by atoms with van der Waals surface area (Å²) in [6.45, 7) is 19.5. The fourth-order valence-corrected chi connectivity index (χ4v) is 11.2. The summed E-state index contributed by atoms with van der Waals surface area (Å²) in [4.78, 5) is 2.46. The van der Waals surface area contributed by atoms with Crippen LogP contribution in [-0.4, -0.2) is 6.92 Å². The highest BCUT2D eigenvalue weighted by atomic mass is 16.4. The lowest BCUT2D eigenvalue weighted by molar-refractivity contribution is 0.589. The number of nitrogens with zero attached hydrogens (tertiary/aromatic N) is 1. The van der Waals surface area contributed by atoms with Crippen molar-refractivity contribution < 1.29 is 9.07 Å². The number of aryl methyl sites for hydroxylation is 9. The molecule has 0 amide bonds. The van der Waals surface area contributed by atoms with Crippen LogP contribution in [0.25, 0.3) is 66.4 Å². The Hall–Kier alpha value is -6.78. The van der Waals surface area contributed by atoms with Gasteiger partial charge in [0.2, 0.25) is 0 Å². The van der Waals surface area contributed by atoms with E-state index in [-0.39, 0.29) is 6.92 Å². The number of furan rings is 1. The minimum absolute atomic E-state index is 0.375. The van der Waals surface area contributed by atoms with Crippen molar-refractivity contribution in [2.75, 3.05) is 4.90 Å². The fourth-order valence-electron chi connectivity index (χ4n) is 11.2. The molecule has 296 valence electrons. The van der Waals surface area contributed by atoms with Gasteiger partial charge in [0.1, 0.15) is 16.9 Å². The van der Waals surface area contributed by atoms with Crippen LogP contribution in [0.3, 0.4) is 0 Å². The third-order valence-electron chi connectivity index (χ3n) is 13.3. The summed E-state index contributed by atoms with van der Waals surface area (Å²) in [5, 5.41) is 2.21. The van der Waals surface area contributed by atoms with Crippen molar-refractivity contribution in [2.45, 2.75) is 62.3 Å². The number of para-hydroxylation sites is 1. The molecule has 0 fully saturated rings. The predicted octanol–water partition coefficient (Wildman–Crippen LogP) is 14.3. The van der Waals surface area contributed by atoms with Gasteiger partial charge in [-0.25, -0.2) is 0 Å². The molecule has 0 N–H and O–H groups in total. The first kappa shape index (κ1) is 37.2. The second-order valence-corrected chi connectivity index (χ2v) is 17.8. The minimum atomic E-state index is -0.375. The van der Waals surface area contributed by atoms with Gasteiger partial charge in [0.05, 0.1) is 0 Å². The Balaban J connectivity index is 1.20. The van der Waals surface area contributed by atoms with Crippen LogP contribution < -0.4 is 20.5 Å². The second-order valence-electron chi connectivity index (χ2n) is 17.8. The molecule has 0 bridgehead atoms. The van der Waals surface area contributed by atoms with Gasteiger partial charge in [-0.15, -0.1) is 0 Å². The number of fused-ring (bicyclic) bond motifs is 8. The lowest BCUT2D eigenvalue weighted by atomic mass is 9.49. The van der Waals surface area contributed by atoms with Crippen molar-refractivity contribution >= 4 is 56.8 Å². The summed E-state index contributed by atoms with van der Waals surface area (Å²) in [5.41, 5.74) is 28.4. The van der Waals surface area contributed by atoms with E-state index in [1.165, 1.54) is 77.9 Å². The number of anilines is 3. The molecule has 0 saturated carbocycles. The summed E-state index contributed by atoms with van der Waals surface area (Å²) in [7, 11) is 0. The van der Waals surface area contributed by atoms with E-state index in [9.17, 15) is 0 Å². The number of hydrogen-bond acceptors (Lipinski definition) is 3. The van der Waals surface area contributed by atoms with Crippen LogP contribution in [0.5, 0.6) is 5.75 Å². The van der Waals surface area contributed by atoms with E-state index in [0.29, 0.717) is 0 Å². The average molecular weight is 790 g/mol. The lowest BCUT2D eigenvalue weighted by Gasteiger charge is -2.40. The van der Waals surface area contributed by atoms with E-state index in [0.717, 1.165) is 72.4 Å². The molecule has 11 rings (SSSR count). The second kappa shape index (κ2) is 13.6. The first-order valence-electron chi connectivity index (χ1n) is 21.5. The van der Waals surface area contributed by atoms with Crippen molar-refractivity contribution in [2.24, 2.45) is 0 Å². The number of rotatable bonds is 4. The van der Waals surface area contributed by atoms with Crippen molar-refractivity contribution in [3.63, 3.8) is 0 Å². The number of hydrogen-bond donors (Lipinski definition) is 0. The Kier molecular flexibility index (Phi) is 8.32. The van der Waals surface area contributed by atoms with Gasteiger partial charge in [-0.05, 0) is 177 Å². The van der Waals surface area contributed by atoms with E-state index in [4.69, 9.17) is 9.07 Å². The molecule has 9 aromatic rings. The van der Waals surface area contributed by atoms with Gasteiger partial charge in [0.15, 0.2) is 0 Å². The van der Waals surface area contributed by atoms with Gasteiger partial charge in [-0.1, -0.05) is 102 Å². The molecule has 3 heterocycles. The molecule has 2 aliphatic heterocycles. The molecule has 61 heavy (non-hydrogen) atoms. The monoisotopic (exact) mass is 789 g/mol. The third kappa shape index (κ3) is 5.72. The van der Waals surface area contributed by atoms with Crippen molar-refractivity contribution in [1.82, 2.24) is 0 Å². The standard InChI is InChI=1S/C57H48BNO2/c1-31-22-34(4)52(35(5)23-31)40-14-18-43(19-15-40)59-48-21-17-41(53-36(6)24-32(2)25-37(53)7)28-47(48)58-56-49(59)30-46-44-12-10-11-13-50(44)60-57(46)55(56)45-20-16-42(29-51(45)61-58)54-38(8)26-33(3)27-39(54)9/h10-30H,1-9H3. The van der Waals surface area contributed by atoms with Crippen LogP contribution in [-0.2, 0) is 0 Å². The van der Waals surface area contributed by atoms with Crippen LogP contribution >= 0.6 is 0 Å². The van der Waals surface area contributed by atoms with Gasteiger partial charge in [0, 0.05) is 44.4 Å². The molecule has 1 aromatic heterocycles. The summed E-state index contributed by atoms with van der Waals surface area (Å²) in [5.74, 6) is 0.869. The molecule has 0 unspecified atom stereocenters. The molecular weight excluding hydrogens is 741 g/mol. The van der Waals surface area contributed by atoms with Gasteiger partial charge in [-0.3, -0.25) is 0 Å². The van der Waals surface area contributed by atoms with Crippen molar-refractivity contribution in [3.05, 3.63) is 177 Å². The highest BCUT2D eigenvalue weighted by Crippen LogP contribution is 2.49. The Morgan fingerprint density at radius 1 is 0.443 bits per heavy atom.